The Morgan fingerprint density at radius 3 is 2.26 bits per heavy atom. The van der Waals surface area contributed by atoms with Gasteiger partial charge in [0.05, 0.1) is 22.9 Å². The molecule has 2 heterocycles. The second-order valence-electron chi connectivity index (χ2n) is 6.65. The van der Waals surface area contributed by atoms with E-state index in [-0.39, 0.29) is 5.75 Å². The van der Waals surface area contributed by atoms with Crippen LogP contribution in [0.4, 0.5) is 0 Å². The Morgan fingerprint density at radius 1 is 1.00 bits per heavy atom. The van der Waals surface area contributed by atoms with Gasteiger partial charge in [0.1, 0.15) is 11.8 Å². The highest BCUT2D eigenvalue weighted by Crippen LogP contribution is 2.33. The summed E-state index contributed by atoms with van der Waals surface area (Å²) >= 11 is 0. The minimum Gasteiger partial charge on any atom is -0.506 e. The van der Waals surface area contributed by atoms with Crippen molar-refractivity contribution in [3.05, 3.63) is 69.8 Å². The monoisotopic (exact) mass is 356 g/mol. The predicted molar refractivity (Wildman–Crippen MR) is 103 cm³/mol. The van der Waals surface area contributed by atoms with Gasteiger partial charge < -0.3 is 9.67 Å². The average molecular weight is 356 g/mol. The van der Waals surface area contributed by atoms with E-state index in [9.17, 15) is 10.4 Å². The van der Waals surface area contributed by atoms with E-state index in [2.05, 4.69) is 21.7 Å². The lowest BCUT2D eigenvalue weighted by molar-refractivity contribution is 0.461. The van der Waals surface area contributed by atoms with Gasteiger partial charge in [-0.15, -0.1) is 0 Å². The molecule has 0 amide bonds. The van der Waals surface area contributed by atoms with Crippen molar-refractivity contribution in [2.75, 3.05) is 0 Å². The molecule has 0 unspecified atom stereocenters. The highest BCUT2D eigenvalue weighted by molar-refractivity contribution is 5.75. The fourth-order valence-corrected chi connectivity index (χ4v) is 3.41. The first-order valence-corrected chi connectivity index (χ1v) is 8.63. The van der Waals surface area contributed by atoms with Crippen molar-refractivity contribution in [3.8, 4) is 29.0 Å². The molecule has 0 atom stereocenters. The van der Waals surface area contributed by atoms with Crippen LogP contribution in [0.25, 0.3) is 11.1 Å². The third kappa shape index (κ3) is 3.05. The molecule has 5 nitrogen and oxygen atoms in total. The number of nitrogens with zero attached hydrogens (tertiary/aromatic N) is 4. The maximum absolute atomic E-state index is 10.2. The summed E-state index contributed by atoms with van der Waals surface area (Å²) in [6.45, 7) is 8.08. The summed E-state index contributed by atoms with van der Waals surface area (Å²) in [5, 5.41) is 28.9. The van der Waals surface area contributed by atoms with E-state index in [1.807, 2.05) is 32.9 Å². The van der Waals surface area contributed by atoms with Gasteiger partial charge in [0.2, 0.25) is 0 Å². The molecule has 0 fully saturated rings. The summed E-state index contributed by atoms with van der Waals surface area (Å²) in [7, 11) is 0. The number of hydrogen-bond acceptors (Lipinski definition) is 4. The summed E-state index contributed by atoms with van der Waals surface area (Å²) in [4.78, 5) is 4.26. The van der Waals surface area contributed by atoms with Crippen LogP contribution in [0.3, 0.4) is 0 Å². The number of aromatic nitrogens is 2. The normalized spacial score (nSPS) is 10.4. The number of nitriles is 2. The highest BCUT2D eigenvalue weighted by Gasteiger charge is 2.20. The predicted octanol–water partition coefficient (Wildman–Crippen LogP) is 4.28. The zero-order valence-electron chi connectivity index (χ0n) is 15.8. The maximum atomic E-state index is 10.2. The van der Waals surface area contributed by atoms with Gasteiger partial charge in [-0.25, -0.2) is 0 Å². The molecule has 0 radical (unpaired) electrons. The van der Waals surface area contributed by atoms with Crippen LogP contribution in [-0.2, 0) is 6.54 Å². The van der Waals surface area contributed by atoms with Gasteiger partial charge in [-0.1, -0.05) is 12.1 Å². The molecule has 134 valence electrons. The van der Waals surface area contributed by atoms with Crippen LogP contribution in [0.15, 0.2) is 30.5 Å². The number of pyridine rings is 1. The summed E-state index contributed by atoms with van der Waals surface area (Å²) in [5.41, 5.74) is 7.15. The second-order valence-corrected chi connectivity index (χ2v) is 6.65. The Kier molecular flexibility index (Phi) is 4.71. The van der Waals surface area contributed by atoms with Crippen molar-refractivity contribution in [2.24, 2.45) is 0 Å². The molecule has 0 aliphatic rings. The standard InChI is InChI=1S/C22H20N4O/c1-13-19(11-25-14(2)22(13)27)12-26-15(3)20(10-24)21(16(26)4)18-7-5-17(9-23)6-8-18/h5-8,11,27H,12H2,1-4H3. The SMILES string of the molecule is Cc1ncc(Cn2c(C)c(C#N)c(-c3ccc(C#N)cc3)c2C)c(C)c1O. The first-order chi connectivity index (χ1) is 12.9. The molecule has 0 bridgehead atoms. The van der Waals surface area contributed by atoms with Crippen LogP contribution in [0, 0.1) is 50.4 Å². The zero-order valence-corrected chi connectivity index (χ0v) is 15.8. The third-order valence-corrected chi connectivity index (χ3v) is 5.12. The average Bonchev–Trinajstić information content (AvgIpc) is 2.92. The Morgan fingerprint density at radius 2 is 1.67 bits per heavy atom. The van der Waals surface area contributed by atoms with Gasteiger partial charge in [-0.2, -0.15) is 10.5 Å². The smallest absolute Gasteiger partial charge is 0.140 e. The van der Waals surface area contributed by atoms with Crippen LogP contribution < -0.4 is 0 Å². The minimum absolute atomic E-state index is 0.211. The molecule has 1 N–H and O–H groups in total. The van der Waals surface area contributed by atoms with Gasteiger partial charge in [0.15, 0.2) is 0 Å². The van der Waals surface area contributed by atoms with Crippen LogP contribution in [-0.4, -0.2) is 14.7 Å². The van der Waals surface area contributed by atoms with Crippen LogP contribution in [0.5, 0.6) is 5.75 Å². The van der Waals surface area contributed by atoms with Crippen molar-refractivity contribution >= 4 is 0 Å². The lowest BCUT2D eigenvalue weighted by Gasteiger charge is -2.13. The number of benzene rings is 1. The number of hydrogen-bond donors (Lipinski definition) is 1. The Balaban J connectivity index is 2.13. The molecular weight excluding hydrogens is 336 g/mol. The molecule has 0 saturated heterocycles. The Hall–Kier alpha value is -3.57. The van der Waals surface area contributed by atoms with Crippen molar-refractivity contribution in [1.82, 2.24) is 9.55 Å². The molecule has 27 heavy (non-hydrogen) atoms. The zero-order chi connectivity index (χ0) is 19.7. The Labute approximate surface area is 158 Å². The van der Waals surface area contributed by atoms with Gasteiger partial charge in [-0.05, 0) is 56.5 Å². The van der Waals surface area contributed by atoms with E-state index in [0.717, 1.165) is 33.6 Å². The van der Waals surface area contributed by atoms with Crippen molar-refractivity contribution in [3.63, 3.8) is 0 Å². The minimum atomic E-state index is 0.211. The molecule has 3 rings (SSSR count). The number of rotatable bonds is 3. The highest BCUT2D eigenvalue weighted by atomic mass is 16.3. The number of aryl methyl sites for hydroxylation is 1. The molecule has 5 heteroatoms. The molecule has 0 aliphatic carbocycles. The summed E-state index contributed by atoms with van der Waals surface area (Å²) < 4.78 is 2.07. The molecule has 0 aliphatic heterocycles. The molecular formula is C22H20N4O. The molecule has 0 spiro atoms. The lowest BCUT2D eigenvalue weighted by atomic mass is 10.0. The first kappa shape index (κ1) is 18.2. The van der Waals surface area contributed by atoms with Crippen LogP contribution in [0.1, 0.15) is 39.3 Å². The van der Waals surface area contributed by atoms with E-state index < -0.39 is 0 Å². The fraction of sp³-hybridized carbons (Fsp3) is 0.227. The first-order valence-electron chi connectivity index (χ1n) is 8.63. The fourth-order valence-electron chi connectivity index (χ4n) is 3.41. The topological polar surface area (TPSA) is 85.6 Å². The van der Waals surface area contributed by atoms with E-state index in [4.69, 9.17) is 5.26 Å². The molecule has 1 aromatic carbocycles. The van der Waals surface area contributed by atoms with Crippen molar-refractivity contribution < 1.29 is 5.11 Å². The Bertz CT molecular complexity index is 1110. The second kappa shape index (κ2) is 6.97. The lowest BCUT2D eigenvalue weighted by Crippen LogP contribution is -2.06. The summed E-state index contributed by atoms with van der Waals surface area (Å²) in [6, 6.07) is 11.7. The molecule has 2 aromatic heterocycles. The summed E-state index contributed by atoms with van der Waals surface area (Å²) in [5.74, 6) is 0.211. The van der Waals surface area contributed by atoms with E-state index in [1.54, 1.807) is 25.3 Å². The van der Waals surface area contributed by atoms with E-state index >= 15 is 0 Å². The van der Waals surface area contributed by atoms with Crippen molar-refractivity contribution in [2.45, 2.75) is 34.2 Å². The summed E-state index contributed by atoms with van der Waals surface area (Å²) in [6.07, 6.45) is 1.77. The van der Waals surface area contributed by atoms with E-state index in [1.165, 1.54) is 0 Å². The maximum Gasteiger partial charge on any atom is 0.140 e. The van der Waals surface area contributed by atoms with Gasteiger partial charge in [-0.3, -0.25) is 4.98 Å². The molecule has 0 saturated carbocycles. The largest absolute Gasteiger partial charge is 0.506 e. The van der Waals surface area contributed by atoms with E-state index in [0.29, 0.717) is 23.4 Å². The third-order valence-electron chi connectivity index (χ3n) is 5.12. The quantitative estimate of drug-likeness (QED) is 0.759. The number of aromatic hydroxyl groups is 1. The molecule has 3 aromatic rings. The van der Waals surface area contributed by atoms with Crippen LogP contribution >= 0.6 is 0 Å². The van der Waals surface area contributed by atoms with Crippen LogP contribution in [0.2, 0.25) is 0 Å². The van der Waals surface area contributed by atoms with Gasteiger partial charge in [0, 0.05) is 29.7 Å². The van der Waals surface area contributed by atoms with Gasteiger partial charge >= 0.3 is 0 Å². The van der Waals surface area contributed by atoms with Gasteiger partial charge in [0.25, 0.3) is 0 Å². The van der Waals surface area contributed by atoms with Crippen molar-refractivity contribution in [1.29, 1.82) is 10.5 Å².